The molecule has 158 valence electrons. The van der Waals surface area contributed by atoms with Gasteiger partial charge in [0.05, 0.1) is 5.71 Å². The predicted octanol–water partition coefficient (Wildman–Crippen LogP) is 4.66. The zero-order valence-corrected chi connectivity index (χ0v) is 18.5. The van der Waals surface area contributed by atoms with Crippen molar-refractivity contribution in [2.45, 2.75) is 56.1 Å². The van der Waals surface area contributed by atoms with E-state index < -0.39 is 17.1 Å². The fraction of sp³-hybridized carbons (Fsp3) is 0.500. The molecule has 0 aliphatic heterocycles. The third-order valence-corrected chi connectivity index (χ3v) is 6.75. The van der Waals surface area contributed by atoms with Crippen molar-refractivity contribution < 1.29 is 19.0 Å². The average Bonchev–Trinajstić information content (AvgIpc) is 2.70. The molecule has 2 unspecified atom stereocenters. The van der Waals surface area contributed by atoms with Gasteiger partial charge in [-0.15, -0.1) is 0 Å². The molecule has 0 amide bonds. The summed E-state index contributed by atoms with van der Waals surface area (Å²) < 4.78 is 12.7. The minimum Gasteiger partial charge on any atom is -0.611 e. The van der Waals surface area contributed by atoms with Crippen molar-refractivity contribution in [3.63, 3.8) is 0 Å². The molecular weight excluding hydrogens is 410 g/mol. The van der Waals surface area contributed by atoms with Gasteiger partial charge in [-0.25, -0.2) is 0 Å². The van der Waals surface area contributed by atoms with Gasteiger partial charge in [-0.2, -0.15) is 0 Å². The third-order valence-electron chi connectivity index (χ3n) is 4.91. The van der Waals surface area contributed by atoms with Crippen LogP contribution in [0.4, 0.5) is 0 Å². The van der Waals surface area contributed by atoms with Crippen molar-refractivity contribution in [1.82, 2.24) is 0 Å². The summed E-state index contributed by atoms with van der Waals surface area (Å²) in [6, 6.07) is 9.28. The van der Waals surface area contributed by atoms with Crippen molar-refractivity contribution in [2.75, 3.05) is 6.61 Å². The molecule has 5 nitrogen and oxygen atoms in total. The molecule has 7 heteroatoms. The standard InChI is InChI=1S/C22H28ClNO4S/c1-3-8-19(24-28-12-7-11-23)22-20(25)14-17(15-21(22)26)13-16(2)29(27)18-9-5-4-6-10-18/h4-7,9-11,16-17,22H,3,8,12-15H2,1-2H3/t16?,17-,22-,29?. The molecule has 0 N–H and O–H groups in total. The molecule has 0 aromatic heterocycles. The van der Waals surface area contributed by atoms with Gasteiger partial charge in [0.15, 0.2) is 4.90 Å². The Morgan fingerprint density at radius 1 is 1.31 bits per heavy atom. The van der Waals surface area contributed by atoms with E-state index in [0.29, 0.717) is 31.4 Å². The van der Waals surface area contributed by atoms with Gasteiger partial charge in [-0.05, 0) is 55.1 Å². The van der Waals surface area contributed by atoms with E-state index in [2.05, 4.69) is 5.16 Å². The highest BCUT2D eigenvalue weighted by Gasteiger charge is 2.40. The summed E-state index contributed by atoms with van der Waals surface area (Å²) in [6.07, 6.45) is 4.06. The zero-order valence-electron chi connectivity index (χ0n) is 16.9. The van der Waals surface area contributed by atoms with E-state index in [9.17, 15) is 14.1 Å². The minimum atomic E-state index is -1.16. The van der Waals surface area contributed by atoms with Crippen molar-refractivity contribution >= 4 is 40.1 Å². The minimum absolute atomic E-state index is 0.0862. The smallest absolute Gasteiger partial charge is 0.152 e. The zero-order chi connectivity index (χ0) is 21.2. The average molecular weight is 438 g/mol. The summed E-state index contributed by atoms with van der Waals surface area (Å²) >= 11 is 4.29. The number of carbonyl (C=O) groups excluding carboxylic acids is 2. The Labute approximate surface area is 180 Å². The lowest BCUT2D eigenvalue weighted by Gasteiger charge is -2.29. The second kappa shape index (κ2) is 12.2. The molecule has 1 aromatic rings. The maximum atomic E-state index is 12.8. The number of hydrogen-bond donors (Lipinski definition) is 0. The maximum Gasteiger partial charge on any atom is 0.152 e. The molecule has 2 rings (SSSR count). The Morgan fingerprint density at radius 2 is 1.97 bits per heavy atom. The highest BCUT2D eigenvalue weighted by atomic mass is 35.5. The van der Waals surface area contributed by atoms with Crippen molar-refractivity contribution in [3.05, 3.63) is 41.9 Å². The Kier molecular flexibility index (Phi) is 9.91. The number of halogens is 1. The normalized spacial score (nSPS) is 22.7. The first-order chi connectivity index (χ1) is 14.0. The number of benzene rings is 1. The fourth-order valence-electron chi connectivity index (χ4n) is 3.64. The molecule has 0 radical (unpaired) electrons. The Bertz CT molecular complexity index is 720. The number of carbonyl (C=O) groups is 2. The lowest BCUT2D eigenvalue weighted by molar-refractivity contribution is -0.134. The van der Waals surface area contributed by atoms with Gasteiger partial charge in [0.2, 0.25) is 0 Å². The van der Waals surface area contributed by atoms with E-state index in [-0.39, 0.29) is 29.3 Å². The summed E-state index contributed by atoms with van der Waals surface area (Å²) in [5, 5.41) is 3.92. The van der Waals surface area contributed by atoms with Crippen molar-refractivity contribution in [3.8, 4) is 0 Å². The summed E-state index contributed by atoms with van der Waals surface area (Å²) in [5.74, 6) is -1.14. The molecule has 1 fully saturated rings. The van der Waals surface area contributed by atoms with Crippen LogP contribution in [0.25, 0.3) is 0 Å². The highest BCUT2D eigenvalue weighted by Crippen LogP contribution is 2.31. The van der Waals surface area contributed by atoms with Gasteiger partial charge in [-0.1, -0.05) is 48.3 Å². The van der Waals surface area contributed by atoms with Gasteiger partial charge in [0.25, 0.3) is 0 Å². The van der Waals surface area contributed by atoms with Crippen molar-refractivity contribution in [1.29, 1.82) is 0 Å². The van der Waals surface area contributed by atoms with E-state index in [1.807, 2.05) is 44.2 Å². The molecule has 29 heavy (non-hydrogen) atoms. The molecular formula is C22H28ClNO4S. The van der Waals surface area contributed by atoms with Crippen LogP contribution in [-0.2, 0) is 25.6 Å². The van der Waals surface area contributed by atoms with E-state index in [1.165, 1.54) is 5.54 Å². The second-order valence-corrected chi connectivity index (χ2v) is 9.41. The van der Waals surface area contributed by atoms with Crippen molar-refractivity contribution in [2.24, 2.45) is 17.0 Å². The topological polar surface area (TPSA) is 78.8 Å². The molecule has 1 saturated carbocycles. The van der Waals surface area contributed by atoms with Crippen LogP contribution >= 0.6 is 11.6 Å². The van der Waals surface area contributed by atoms with Crippen LogP contribution in [0, 0.1) is 11.8 Å². The first kappa shape index (κ1) is 23.6. The van der Waals surface area contributed by atoms with Gasteiger partial charge in [0, 0.05) is 18.4 Å². The van der Waals surface area contributed by atoms with E-state index >= 15 is 0 Å². The monoisotopic (exact) mass is 437 g/mol. The van der Waals surface area contributed by atoms with E-state index in [0.717, 1.165) is 11.3 Å². The van der Waals surface area contributed by atoms with E-state index in [4.69, 9.17) is 16.4 Å². The Hall–Kier alpha value is -1.63. The molecule has 2 atom stereocenters. The van der Waals surface area contributed by atoms with Gasteiger partial charge in [0.1, 0.15) is 29.3 Å². The molecule has 0 bridgehead atoms. The number of hydrogen-bond acceptors (Lipinski definition) is 5. The summed E-state index contributed by atoms with van der Waals surface area (Å²) in [6.45, 7) is 4.07. The predicted molar refractivity (Wildman–Crippen MR) is 116 cm³/mol. The molecule has 1 aromatic carbocycles. The highest BCUT2D eigenvalue weighted by molar-refractivity contribution is 7.92. The van der Waals surface area contributed by atoms with Crippen LogP contribution in [-0.4, -0.2) is 33.7 Å². The molecule has 1 aliphatic carbocycles. The summed E-state index contributed by atoms with van der Waals surface area (Å²) in [4.78, 5) is 31.5. The summed E-state index contributed by atoms with van der Waals surface area (Å²) in [7, 11) is 0. The quantitative estimate of drug-likeness (QED) is 0.175. The number of rotatable bonds is 10. The van der Waals surface area contributed by atoms with Crippen LogP contribution in [0.15, 0.2) is 52.0 Å². The first-order valence-corrected chi connectivity index (χ1v) is 11.6. The van der Waals surface area contributed by atoms with Crippen LogP contribution in [0.5, 0.6) is 0 Å². The lowest BCUT2D eigenvalue weighted by Crippen LogP contribution is -2.40. The SMILES string of the molecule is CCCC(=NOCC=CCl)[C@H]1C(=O)C[C@H](CC(C)[S+]([O-])c2ccccc2)CC1=O. The van der Waals surface area contributed by atoms with Crippen LogP contribution < -0.4 is 0 Å². The van der Waals surface area contributed by atoms with Crippen LogP contribution in [0.1, 0.15) is 46.0 Å². The van der Waals surface area contributed by atoms with Gasteiger partial charge < -0.3 is 9.39 Å². The molecule has 0 saturated heterocycles. The van der Waals surface area contributed by atoms with Gasteiger partial charge >= 0.3 is 0 Å². The molecule has 0 heterocycles. The first-order valence-electron chi connectivity index (χ1n) is 9.92. The number of Topliss-reactive ketones (excluding diaryl/α,β-unsaturated/α-hetero) is 2. The number of ketones is 2. The van der Waals surface area contributed by atoms with Crippen LogP contribution in [0.2, 0.25) is 0 Å². The Balaban J connectivity index is 2.01. The third kappa shape index (κ3) is 6.98. The Morgan fingerprint density at radius 3 is 2.55 bits per heavy atom. The maximum absolute atomic E-state index is 12.8. The van der Waals surface area contributed by atoms with Gasteiger partial charge in [-0.3, -0.25) is 9.59 Å². The number of nitrogens with zero attached hydrogens (tertiary/aromatic N) is 1. The van der Waals surface area contributed by atoms with Crippen LogP contribution in [0.3, 0.4) is 0 Å². The second-order valence-electron chi connectivity index (χ2n) is 7.29. The van der Waals surface area contributed by atoms with E-state index in [1.54, 1.807) is 6.08 Å². The number of oxime groups is 1. The molecule has 0 spiro atoms. The largest absolute Gasteiger partial charge is 0.611 e. The molecule has 1 aliphatic rings. The lowest BCUT2D eigenvalue weighted by atomic mass is 9.75. The fourth-order valence-corrected chi connectivity index (χ4v) is 5.05. The summed E-state index contributed by atoms with van der Waals surface area (Å²) in [5.41, 5.74) is 1.82.